The highest BCUT2D eigenvalue weighted by atomic mass is 16.5. The minimum atomic E-state index is -0.277. The van der Waals surface area contributed by atoms with Crippen LogP contribution in [-0.2, 0) is 6.54 Å². The first kappa shape index (κ1) is 25.0. The molecule has 0 spiro atoms. The number of anilines is 1. The minimum absolute atomic E-state index is 0.0219. The van der Waals surface area contributed by atoms with Crippen LogP contribution in [0.15, 0.2) is 36.4 Å². The highest BCUT2D eigenvalue weighted by Crippen LogP contribution is 2.29. The second-order valence-electron chi connectivity index (χ2n) is 9.41. The van der Waals surface area contributed by atoms with Gasteiger partial charge in [-0.05, 0) is 74.7 Å². The molecule has 2 amide bonds. The van der Waals surface area contributed by atoms with Crippen LogP contribution in [0.1, 0.15) is 64.8 Å². The molecule has 4 N–H and O–H groups in total. The molecule has 1 aliphatic carbocycles. The summed E-state index contributed by atoms with van der Waals surface area (Å²) in [6, 6.07) is 10.5. The summed E-state index contributed by atoms with van der Waals surface area (Å²) in [5.41, 5.74) is 8.80. The Bertz CT molecular complexity index is 1050. The Morgan fingerprint density at radius 1 is 0.914 bits per heavy atom. The average molecular weight is 481 g/mol. The number of carbonyl (C=O) groups is 2. The molecule has 2 unspecified atom stereocenters. The molecule has 1 heterocycles. The standard InChI is InChI=1S/C27H36N4O4/c1-34-24-12-11-19(16-25(24)35-2)27(33)30-23-15-18(9-10-20(23)17-31-13-5-6-14-31)26(32)29-22-8-4-3-7-21(22)28/h9-12,15-16,21-22H,3-8,13-14,17,28H2,1-2H3,(H,29,32)(H,30,33). The van der Waals surface area contributed by atoms with Gasteiger partial charge >= 0.3 is 0 Å². The predicted octanol–water partition coefficient (Wildman–Crippen LogP) is 3.55. The average Bonchev–Trinajstić information content (AvgIpc) is 3.39. The highest BCUT2D eigenvalue weighted by molar-refractivity contribution is 6.06. The Hall–Kier alpha value is -3.10. The van der Waals surface area contributed by atoms with Gasteiger partial charge in [0.1, 0.15) is 0 Å². The van der Waals surface area contributed by atoms with E-state index in [1.165, 1.54) is 20.0 Å². The summed E-state index contributed by atoms with van der Waals surface area (Å²) in [5, 5.41) is 6.13. The topological polar surface area (TPSA) is 106 Å². The van der Waals surface area contributed by atoms with Crippen molar-refractivity contribution in [1.82, 2.24) is 10.2 Å². The Balaban J connectivity index is 1.57. The summed E-state index contributed by atoms with van der Waals surface area (Å²) in [7, 11) is 3.09. The molecule has 4 rings (SSSR count). The lowest BCUT2D eigenvalue weighted by atomic mass is 9.91. The van der Waals surface area contributed by atoms with Crippen LogP contribution in [0.2, 0.25) is 0 Å². The van der Waals surface area contributed by atoms with Gasteiger partial charge in [0.25, 0.3) is 11.8 Å². The number of hydrogen-bond donors (Lipinski definition) is 3. The molecule has 2 fully saturated rings. The molecule has 0 aromatic heterocycles. The van der Waals surface area contributed by atoms with Crippen LogP contribution in [0.5, 0.6) is 11.5 Å². The van der Waals surface area contributed by atoms with Gasteiger partial charge in [0.2, 0.25) is 0 Å². The van der Waals surface area contributed by atoms with Gasteiger partial charge in [0.15, 0.2) is 11.5 Å². The number of benzene rings is 2. The third-order valence-electron chi connectivity index (χ3n) is 6.99. The van der Waals surface area contributed by atoms with Gasteiger partial charge in [-0.3, -0.25) is 14.5 Å². The third-order valence-corrected chi connectivity index (χ3v) is 6.99. The second-order valence-corrected chi connectivity index (χ2v) is 9.41. The maximum Gasteiger partial charge on any atom is 0.255 e. The summed E-state index contributed by atoms with van der Waals surface area (Å²) >= 11 is 0. The Kier molecular flexibility index (Phi) is 8.25. The van der Waals surface area contributed by atoms with E-state index in [1.807, 2.05) is 12.1 Å². The summed E-state index contributed by atoms with van der Waals surface area (Å²) in [5.74, 6) is 0.593. The van der Waals surface area contributed by atoms with Gasteiger partial charge in [-0.15, -0.1) is 0 Å². The number of ether oxygens (including phenoxy) is 2. The predicted molar refractivity (Wildman–Crippen MR) is 136 cm³/mol. The zero-order valence-corrected chi connectivity index (χ0v) is 20.6. The molecule has 0 radical (unpaired) electrons. The summed E-state index contributed by atoms with van der Waals surface area (Å²) in [4.78, 5) is 28.6. The van der Waals surface area contributed by atoms with E-state index in [0.717, 1.165) is 50.9 Å². The third kappa shape index (κ3) is 6.13. The maximum atomic E-state index is 13.2. The van der Waals surface area contributed by atoms with Crippen molar-refractivity contribution in [2.45, 2.75) is 57.2 Å². The molecular formula is C27H36N4O4. The van der Waals surface area contributed by atoms with Crippen molar-refractivity contribution in [3.63, 3.8) is 0 Å². The highest BCUT2D eigenvalue weighted by Gasteiger charge is 2.24. The van der Waals surface area contributed by atoms with Gasteiger partial charge in [-0.2, -0.15) is 0 Å². The van der Waals surface area contributed by atoms with Crippen molar-refractivity contribution in [3.8, 4) is 11.5 Å². The fourth-order valence-corrected chi connectivity index (χ4v) is 4.92. The first-order valence-electron chi connectivity index (χ1n) is 12.4. The normalized spacial score (nSPS) is 20.3. The minimum Gasteiger partial charge on any atom is -0.493 e. The number of hydrogen-bond acceptors (Lipinski definition) is 6. The van der Waals surface area contributed by atoms with Crippen molar-refractivity contribution in [1.29, 1.82) is 0 Å². The SMILES string of the molecule is COc1ccc(C(=O)Nc2cc(C(=O)NC3CCCCC3N)ccc2CN2CCCC2)cc1OC. The second kappa shape index (κ2) is 11.6. The largest absolute Gasteiger partial charge is 0.493 e. The van der Waals surface area contributed by atoms with E-state index < -0.39 is 0 Å². The lowest BCUT2D eigenvalue weighted by molar-refractivity contribution is 0.0920. The number of likely N-dealkylation sites (tertiary alicyclic amines) is 1. The van der Waals surface area contributed by atoms with E-state index in [2.05, 4.69) is 15.5 Å². The molecular weight excluding hydrogens is 444 g/mol. The number of nitrogens with one attached hydrogen (secondary N) is 2. The van der Waals surface area contributed by atoms with Crippen LogP contribution in [0, 0.1) is 0 Å². The molecule has 1 saturated carbocycles. The Labute approximate surface area is 207 Å². The van der Waals surface area contributed by atoms with Crippen LogP contribution in [0.4, 0.5) is 5.69 Å². The van der Waals surface area contributed by atoms with Gasteiger partial charge < -0.3 is 25.8 Å². The fourth-order valence-electron chi connectivity index (χ4n) is 4.92. The van der Waals surface area contributed by atoms with Crippen LogP contribution < -0.4 is 25.8 Å². The lowest BCUT2D eigenvalue weighted by Crippen LogP contribution is -2.49. The molecule has 2 aromatic rings. The van der Waals surface area contributed by atoms with Crippen LogP contribution in [0.3, 0.4) is 0 Å². The first-order chi connectivity index (χ1) is 17.0. The van der Waals surface area contributed by atoms with Crippen molar-refractivity contribution in [3.05, 3.63) is 53.1 Å². The van der Waals surface area contributed by atoms with E-state index in [0.29, 0.717) is 28.3 Å². The zero-order chi connectivity index (χ0) is 24.8. The number of methoxy groups -OCH3 is 2. The quantitative estimate of drug-likeness (QED) is 0.534. The van der Waals surface area contributed by atoms with E-state index in [4.69, 9.17) is 15.2 Å². The zero-order valence-electron chi connectivity index (χ0n) is 20.6. The summed E-state index contributed by atoms with van der Waals surface area (Å²) in [6.07, 6.45) is 6.34. The van der Waals surface area contributed by atoms with E-state index in [-0.39, 0.29) is 23.9 Å². The number of amides is 2. The number of nitrogens with zero attached hydrogens (tertiary/aromatic N) is 1. The van der Waals surface area contributed by atoms with Crippen LogP contribution in [-0.4, -0.2) is 56.1 Å². The molecule has 2 aliphatic rings. The fraction of sp³-hybridized carbons (Fsp3) is 0.481. The molecule has 8 heteroatoms. The maximum absolute atomic E-state index is 13.2. The van der Waals surface area contributed by atoms with Gasteiger partial charge in [-0.1, -0.05) is 18.9 Å². The Morgan fingerprint density at radius 2 is 1.60 bits per heavy atom. The van der Waals surface area contributed by atoms with Crippen LogP contribution >= 0.6 is 0 Å². The monoisotopic (exact) mass is 480 g/mol. The molecule has 188 valence electrons. The van der Waals surface area contributed by atoms with Gasteiger partial charge in [-0.25, -0.2) is 0 Å². The van der Waals surface area contributed by atoms with Crippen LogP contribution in [0.25, 0.3) is 0 Å². The number of rotatable bonds is 8. The number of carbonyl (C=O) groups excluding carboxylic acids is 2. The Morgan fingerprint density at radius 3 is 2.31 bits per heavy atom. The molecule has 1 aliphatic heterocycles. The van der Waals surface area contributed by atoms with E-state index in [1.54, 1.807) is 31.4 Å². The van der Waals surface area contributed by atoms with Crippen molar-refractivity contribution in [2.24, 2.45) is 5.73 Å². The molecule has 2 aromatic carbocycles. The lowest BCUT2D eigenvalue weighted by Gasteiger charge is -2.29. The van der Waals surface area contributed by atoms with Gasteiger partial charge in [0, 0.05) is 35.4 Å². The molecule has 1 saturated heterocycles. The smallest absolute Gasteiger partial charge is 0.255 e. The van der Waals surface area contributed by atoms with Crippen molar-refractivity contribution < 1.29 is 19.1 Å². The summed E-state index contributed by atoms with van der Waals surface area (Å²) in [6.45, 7) is 2.78. The molecule has 2 atom stereocenters. The molecule has 8 nitrogen and oxygen atoms in total. The van der Waals surface area contributed by atoms with Gasteiger partial charge in [0.05, 0.1) is 14.2 Å². The van der Waals surface area contributed by atoms with E-state index in [9.17, 15) is 9.59 Å². The number of nitrogens with two attached hydrogens (primary N) is 1. The van der Waals surface area contributed by atoms with E-state index >= 15 is 0 Å². The molecule has 0 bridgehead atoms. The molecule has 35 heavy (non-hydrogen) atoms. The first-order valence-corrected chi connectivity index (χ1v) is 12.4. The van der Waals surface area contributed by atoms with Crippen molar-refractivity contribution >= 4 is 17.5 Å². The van der Waals surface area contributed by atoms with Crippen molar-refractivity contribution in [2.75, 3.05) is 32.6 Å². The summed E-state index contributed by atoms with van der Waals surface area (Å²) < 4.78 is 10.6.